The van der Waals surface area contributed by atoms with Crippen molar-refractivity contribution in [3.8, 4) is 11.5 Å². The number of carboxylic acids is 1. The van der Waals surface area contributed by atoms with E-state index in [1.807, 2.05) is 0 Å². The minimum Gasteiger partial charge on any atom is -0.481 e. The topological polar surface area (TPSA) is 105 Å². The van der Waals surface area contributed by atoms with E-state index in [1.165, 1.54) is 6.07 Å². The maximum atomic E-state index is 15.5. The lowest BCUT2D eigenvalue weighted by Crippen LogP contribution is -2.45. The van der Waals surface area contributed by atoms with E-state index in [2.05, 4.69) is 25.1 Å². The maximum absolute atomic E-state index is 15.5. The molecule has 33 heavy (non-hydrogen) atoms. The molecule has 2 unspecified atom stereocenters. The van der Waals surface area contributed by atoms with Crippen LogP contribution in [0.15, 0.2) is 12.3 Å². The number of alkyl halides is 1. The van der Waals surface area contributed by atoms with Gasteiger partial charge in [0.15, 0.2) is 23.0 Å². The Morgan fingerprint density at radius 2 is 1.88 bits per heavy atom. The van der Waals surface area contributed by atoms with Gasteiger partial charge in [-0.25, -0.2) is 28.1 Å². The molecule has 0 saturated heterocycles. The third-order valence-corrected chi connectivity index (χ3v) is 7.74. The molecule has 3 aromatic rings. The molecule has 4 saturated carbocycles. The molecule has 0 amide bonds. The minimum atomic E-state index is -1.87. The van der Waals surface area contributed by atoms with Crippen LogP contribution < -0.4 is 0 Å². The number of hydrogen-bond donors (Lipinski definition) is 2. The van der Waals surface area contributed by atoms with Gasteiger partial charge in [-0.05, 0) is 68.8 Å². The van der Waals surface area contributed by atoms with E-state index in [0.717, 1.165) is 31.9 Å². The first-order valence-electron chi connectivity index (χ1n) is 11.3. The van der Waals surface area contributed by atoms with E-state index >= 15 is 8.78 Å². The number of hydrogen-bond acceptors (Lipinski definition) is 5. The number of nitrogens with zero attached hydrogens (tertiary/aromatic N) is 4. The summed E-state index contributed by atoms with van der Waals surface area (Å²) in [5, 5.41) is 16.9. The molecule has 4 aliphatic carbocycles. The highest BCUT2D eigenvalue weighted by molar-refractivity contribution is 5.88. The van der Waals surface area contributed by atoms with E-state index in [1.54, 1.807) is 0 Å². The van der Waals surface area contributed by atoms with E-state index in [-0.39, 0.29) is 65.6 Å². The van der Waals surface area contributed by atoms with Crippen molar-refractivity contribution in [1.82, 2.24) is 25.1 Å². The number of rotatable bonds is 5. The zero-order valence-electron chi connectivity index (χ0n) is 17.7. The first-order chi connectivity index (χ1) is 15.8. The molecular weight excluding hydrogens is 435 g/mol. The van der Waals surface area contributed by atoms with Crippen molar-refractivity contribution in [2.45, 2.75) is 50.6 Å². The zero-order chi connectivity index (χ0) is 22.9. The number of pyridine rings is 1. The second-order valence-electron chi connectivity index (χ2n) is 9.65. The van der Waals surface area contributed by atoms with Crippen molar-refractivity contribution >= 4 is 17.0 Å². The maximum Gasteiger partial charge on any atom is 0.307 e. The number of aliphatic carboxylic acids is 1. The highest BCUT2D eigenvalue weighted by Crippen LogP contribution is 2.52. The largest absolute Gasteiger partial charge is 0.481 e. The summed E-state index contributed by atoms with van der Waals surface area (Å²) in [5.41, 5.74) is -1.71. The Balaban J connectivity index is 1.47. The first kappa shape index (κ1) is 20.6. The molecule has 172 valence electrons. The SMILES string of the molecule is O=C(O)C1C2CCC(CC2)C1Cc1nc(-c2[nH]nc3ncc(F)cc23)nc(C2(F)CC2)c1F. The molecule has 3 aromatic heterocycles. The van der Waals surface area contributed by atoms with Gasteiger partial charge in [0.1, 0.15) is 17.2 Å². The van der Waals surface area contributed by atoms with Crippen molar-refractivity contribution in [3.63, 3.8) is 0 Å². The predicted octanol–water partition coefficient (Wildman–Crippen LogP) is 4.33. The summed E-state index contributed by atoms with van der Waals surface area (Å²) in [4.78, 5) is 24.6. The molecule has 10 heteroatoms. The van der Waals surface area contributed by atoms with Gasteiger partial charge in [-0.1, -0.05) is 0 Å². The number of H-pyrrole nitrogens is 1. The molecule has 0 aromatic carbocycles. The lowest BCUT2D eigenvalue weighted by Gasteiger charge is -2.46. The van der Waals surface area contributed by atoms with E-state index in [9.17, 15) is 14.3 Å². The summed E-state index contributed by atoms with van der Waals surface area (Å²) < 4.78 is 44.4. The fourth-order valence-corrected chi connectivity index (χ4v) is 5.91. The van der Waals surface area contributed by atoms with E-state index < -0.39 is 29.2 Å². The zero-order valence-corrected chi connectivity index (χ0v) is 17.7. The van der Waals surface area contributed by atoms with Gasteiger partial charge in [-0.2, -0.15) is 5.10 Å². The summed E-state index contributed by atoms with van der Waals surface area (Å²) in [6.45, 7) is 0. The van der Waals surface area contributed by atoms with Gasteiger partial charge in [0.25, 0.3) is 0 Å². The summed E-state index contributed by atoms with van der Waals surface area (Å²) in [7, 11) is 0. The van der Waals surface area contributed by atoms with Crippen LogP contribution in [-0.4, -0.2) is 36.2 Å². The average Bonchev–Trinajstić information content (AvgIpc) is 3.41. The lowest BCUT2D eigenvalue weighted by atomic mass is 9.57. The Morgan fingerprint density at radius 3 is 2.58 bits per heavy atom. The third kappa shape index (κ3) is 3.29. The van der Waals surface area contributed by atoms with Crippen LogP contribution in [0.5, 0.6) is 0 Å². The molecule has 4 aliphatic rings. The normalized spacial score (nSPS) is 27.7. The average molecular weight is 457 g/mol. The monoisotopic (exact) mass is 457 g/mol. The second-order valence-corrected chi connectivity index (χ2v) is 9.65. The quantitative estimate of drug-likeness (QED) is 0.591. The number of aromatic nitrogens is 5. The number of carbonyl (C=O) groups is 1. The van der Waals surface area contributed by atoms with Gasteiger partial charge in [0.2, 0.25) is 0 Å². The highest BCUT2D eigenvalue weighted by atomic mass is 19.2. The number of aromatic amines is 1. The fraction of sp³-hybridized carbons (Fsp3) is 0.522. The van der Waals surface area contributed by atoms with Crippen molar-refractivity contribution in [2.24, 2.45) is 23.7 Å². The molecule has 3 heterocycles. The molecule has 0 spiro atoms. The van der Waals surface area contributed by atoms with Crippen LogP contribution in [0.25, 0.3) is 22.6 Å². The van der Waals surface area contributed by atoms with Crippen LogP contribution in [0, 0.1) is 35.3 Å². The Bertz CT molecular complexity index is 1270. The number of nitrogens with one attached hydrogen (secondary N) is 1. The van der Waals surface area contributed by atoms with Gasteiger partial charge < -0.3 is 5.11 Å². The van der Waals surface area contributed by atoms with Crippen LogP contribution in [0.4, 0.5) is 13.2 Å². The van der Waals surface area contributed by atoms with Crippen molar-refractivity contribution in [1.29, 1.82) is 0 Å². The second kappa shape index (κ2) is 7.23. The van der Waals surface area contributed by atoms with Gasteiger partial charge in [-0.15, -0.1) is 0 Å². The van der Waals surface area contributed by atoms with Gasteiger partial charge in [0, 0.05) is 0 Å². The summed E-state index contributed by atoms with van der Waals surface area (Å²) in [6, 6.07) is 1.22. The van der Waals surface area contributed by atoms with Crippen LogP contribution in [-0.2, 0) is 16.9 Å². The number of fused-ring (bicyclic) bond motifs is 4. The Morgan fingerprint density at radius 1 is 1.15 bits per heavy atom. The van der Waals surface area contributed by atoms with Crippen molar-refractivity contribution in [2.75, 3.05) is 0 Å². The van der Waals surface area contributed by atoms with E-state index in [4.69, 9.17) is 0 Å². The smallest absolute Gasteiger partial charge is 0.307 e. The predicted molar refractivity (Wildman–Crippen MR) is 111 cm³/mol. The summed E-state index contributed by atoms with van der Waals surface area (Å²) in [5.74, 6) is -2.84. The van der Waals surface area contributed by atoms with Crippen LogP contribution in [0.3, 0.4) is 0 Å². The first-order valence-corrected chi connectivity index (χ1v) is 11.3. The molecule has 4 fully saturated rings. The van der Waals surface area contributed by atoms with Crippen LogP contribution >= 0.6 is 0 Å². The number of carboxylic acid groups (broad SMARTS) is 1. The molecule has 0 radical (unpaired) electrons. The molecule has 7 rings (SSSR count). The third-order valence-electron chi connectivity index (χ3n) is 7.74. The minimum absolute atomic E-state index is 0.00747. The van der Waals surface area contributed by atoms with Gasteiger partial charge in [0.05, 0.1) is 23.2 Å². The Hall–Kier alpha value is -3.04. The van der Waals surface area contributed by atoms with Gasteiger partial charge in [-0.3, -0.25) is 9.89 Å². The van der Waals surface area contributed by atoms with Crippen LogP contribution in [0.2, 0.25) is 0 Å². The van der Waals surface area contributed by atoms with Gasteiger partial charge >= 0.3 is 5.97 Å². The van der Waals surface area contributed by atoms with Crippen LogP contribution in [0.1, 0.15) is 49.9 Å². The molecule has 2 N–H and O–H groups in total. The Labute approximate surface area is 186 Å². The van der Waals surface area contributed by atoms with E-state index in [0.29, 0.717) is 5.39 Å². The summed E-state index contributed by atoms with van der Waals surface area (Å²) >= 11 is 0. The molecule has 7 nitrogen and oxygen atoms in total. The highest BCUT2D eigenvalue weighted by Gasteiger charge is 2.51. The number of halogens is 3. The fourth-order valence-electron chi connectivity index (χ4n) is 5.91. The lowest BCUT2D eigenvalue weighted by molar-refractivity contribution is -0.152. The Kier molecular flexibility index (Phi) is 4.50. The molecule has 2 bridgehead atoms. The molecular formula is C23H22F3N5O2. The van der Waals surface area contributed by atoms with Crippen molar-refractivity contribution in [3.05, 3.63) is 35.3 Å². The standard InChI is InChI=1S/C23H22F3N5O2/c24-12-7-14-18(30-31-20(14)27-9-12)21-28-15(17(25)19(29-21)23(26)5-6-23)8-13-10-1-3-11(4-2-10)16(13)22(32)33/h7,9-11,13,16H,1-6,8H2,(H,32,33)(H,27,30,31). The summed E-state index contributed by atoms with van der Waals surface area (Å²) in [6.07, 6.45) is 5.00. The molecule has 2 atom stereocenters. The molecule has 0 aliphatic heterocycles. The van der Waals surface area contributed by atoms with Crippen molar-refractivity contribution < 1.29 is 23.1 Å².